The molecule has 0 radical (unpaired) electrons. The van der Waals surface area contributed by atoms with Gasteiger partial charge < -0.3 is 10.6 Å². The first-order valence-electron chi connectivity index (χ1n) is 5.81. The highest BCUT2D eigenvalue weighted by Gasteiger charge is 2.22. The lowest BCUT2D eigenvalue weighted by Crippen LogP contribution is -2.20. The van der Waals surface area contributed by atoms with Crippen molar-refractivity contribution < 1.29 is 9.18 Å². The number of carbonyl (C=O) groups excluding carboxylic acids is 1. The van der Waals surface area contributed by atoms with Gasteiger partial charge in [-0.3, -0.25) is 4.79 Å². The zero-order valence-electron chi connectivity index (χ0n) is 9.71. The zero-order valence-corrected chi connectivity index (χ0v) is 9.71. The lowest BCUT2D eigenvalue weighted by Gasteiger charge is -2.17. The average molecular weight is 248 g/mol. The molecule has 0 aromatic carbocycles. The number of hydrogen-bond acceptors (Lipinski definition) is 3. The van der Waals surface area contributed by atoms with E-state index in [9.17, 15) is 9.18 Å². The number of alkyl halides is 1. The molecule has 1 aliphatic rings. The van der Waals surface area contributed by atoms with Gasteiger partial charge in [0.2, 0.25) is 0 Å². The van der Waals surface area contributed by atoms with Crippen LogP contribution in [-0.4, -0.2) is 34.8 Å². The summed E-state index contributed by atoms with van der Waals surface area (Å²) in [5.74, 6) is -0.507. The largest absolute Gasteiger partial charge is 0.368 e. The van der Waals surface area contributed by atoms with Gasteiger partial charge in [0.25, 0.3) is 5.91 Å². The van der Waals surface area contributed by atoms with Gasteiger partial charge in [-0.2, -0.15) is 5.10 Å². The molecular formula is C12H13FN4O. The number of nitrogens with zero attached hydrogens (tertiary/aromatic N) is 3. The van der Waals surface area contributed by atoms with Gasteiger partial charge in [0.15, 0.2) is 0 Å². The summed E-state index contributed by atoms with van der Waals surface area (Å²) in [6.45, 7) is 1.09. The number of rotatable bonds is 2. The molecule has 1 aliphatic heterocycles. The Labute approximate surface area is 103 Å². The van der Waals surface area contributed by atoms with Gasteiger partial charge in [-0.25, -0.2) is 8.91 Å². The Bertz CT molecular complexity index is 609. The summed E-state index contributed by atoms with van der Waals surface area (Å²) >= 11 is 0. The van der Waals surface area contributed by atoms with Crippen LogP contribution in [0, 0.1) is 0 Å². The Morgan fingerprint density at radius 1 is 1.56 bits per heavy atom. The molecule has 0 bridgehead atoms. The third-order valence-electron chi connectivity index (χ3n) is 3.27. The molecule has 3 rings (SSSR count). The Kier molecular flexibility index (Phi) is 2.43. The molecule has 0 saturated carbocycles. The standard InChI is InChI=1S/C12H13FN4O/c13-8-1-3-16(7-8)9-2-4-17-11(5-9)10(6-15-17)12(14)18/h2,4-6,8H,1,3,7H2,(H2,14,18). The second-order valence-electron chi connectivity index (χ2n) is 4.47. The number of aromatic nitrogens is 2. The van der Waals surface area contributed by atoms with Crippen LogP contribution in [0.25, 0.3) is 5.52 Å². The van der Waals surface area contributed by atoms with Crippen molar-refractivity contribution in [1.29, 1.82) is 0 Å². The van der Waals surface area contributed by atoms with E-state index in [0.29, 0.717) is 30.6 Å². The van der Waals surface area contributed by atoms with E-state index < -0.39 is 12.1 Å². The molecule has 1 saturated heterocycles. The van der Waals surface area contributed by atoms with E-state index in [4.69, 9.17) is 5.73 Å². The molecule has 6 heteroatoms. The fourth-order valence-electron chi connectivity index (χ4n) is 2.31. The maximum atomic E-state index is 13.2. The van der Waals surface area contributed by atoms with Gasteiger partial charge >= 0.3 is 0 Å². The predicted molar refractivity (Wildman–Crippen MR) is 65.4 cm³/mol. The van der Waals surface area contributed by atoms with Crippen LogP contribution < -0.4 is 10.6 Å². The summed E-state index contributed by atoms with van der Waals surface area (Å²) in [6, 6.07) is 3.69. The molecule has 3 heterocycles. The van der Waals surface area contributed by atoms with Gasteiger partial charge in [0.05, 0.1) is 17.3 Å². The number of amides is 1. The lowest BCUT2D eigenvalue weighted by molar-refractivity contribution is 0.100. The van der Waals surface area contributed by atoms with Crippen LogP contribution in [0.1, 0.15) is 16.8 Å². The third-order valence-corrected chi connectivity index (χ3v) is 3.27. The molecule has 1 amide bonds. The number of nitrogens with two attached hydrogens (primary N) is 1. The summed E-state index contributed by atoms with van der Waals surface area (Å²) in [4.78, 5) is 13.2. The van der Waals surface area contributed by atoms with E-state index in [1.807, 2.05) is 17.0 Å². The number of fused-ring (bicyclic) bond motifs is 1. The second kappa shape index (κ2) is 3.97. The summed E-state index contributed by atoms with van der Waals surface area (Å²) in [7, 11) is 0. The van der Waals surface area contributed by atoms with E-state index >= 15 is 0 Å². The van der Waals surface area contributed by atoms with Gasteiger partial charge in [-0.1, -0.05) is 0 Å². The van der Waals surface area contributed by atoms with Crippen molar-refractivity contribution in [2.24, 2.45) is 5.73 Å². The Morgan fingerprint density at radius 3 is 3.06 bits per heavy atom. The van der Waals surface area contributed by atoms with Crippen molar-refractivity contribution in [3.63, 3.8) is 0 Å². The van der Waals surface area contributed by atoms with Gasteiger partial charge in [0, 0.05) is 25.0 Å². The third kappa shape index (κ3) is 1.70. The molecule has 2 N–H and O–H groups in total. The van der Waals surface area contributed by atoms with Crippen molar-refractivity contribution in [3.8, 4) is 0 Å². The lowest BCUT2D eigenvalue weighted by atomic mass is 10.2. The van der Waals surface area contributed by atoms with Crippen molar-refractivity contribution in [2.45, 2.75) is 12.6 Å². The maximum Gasteiger partial charge on any atom is 0.252 e. The van der Waals surface area contributed by atoms with Gasteiger partial charge in [-0.05, 0) is 18.6 Å². The monoisotopic (exact) mass is 248 g/mol. The molecule has 5 nitrogen and oxygen atoms in total. The molecule has 1 unspecified atom stereocenters. The van der Waals surface area contributed by atoms with Crippen LogP contribution in [0.4, 0.5) is 10.1 Å². The first kappa shape index (κ1) is 11.0. The molecule has 94 valence electrons. The molecule has 0 aliphatic carbocycles. The predicted octanol–water partition coefficient (Wildman–Crippen LogP) is 0.981. The highest BCUT2D eigenvalue weighted by atomic mass is 19.1. The quantitative estimate of drug-likeness (QED) is 0.861. The fourth-order valence-corrected chi connectivity index (χ4v) is 2.31. The molecule has 18 heavy (non-hydrogen) atoms. The summed E-state index contributed by atoms with van der Waals surface area (Å²) in [5.41, 5.74) is 7.22. The highest BCUT2D eigenvalue weighted by molar-refractivity contribution is 5.99. The number of anilines is 1. The van der Waals surface area contributed by atoms with Crippen LogP contribution in [0.5, 0.6) is 0 Å². The fraction of sp³-hybridized carbons (Fsp3) is 0.333. The molecule has 2 aromatic rings. The molecule has 1 atom stereocenters. The molecule has 0 spiro atoms. The van der Waals surface area contributed by atoms with E-state index in [1.54, 1.807) is 10.7 Å². The van der Waals surface area contributed by atoms with Crippen LogP contribution in [0.3, 0.4) is 0 Å². The van der Waals surface area contributed by atoms with Gasteiger partial charge in [-0.15, -0.1) is 0 Å². The number of primary amides is 1. The minimum absolute atomic E-state index is 0.382. The Morgan fingerprint density at radius 2 is 2.39 bits per heavy atom. The van der Waals surface area contributed by atoms with E-state index in [2.05, 4.69) is 5.10 Å². The van der Waals surface area contributed by atoms with Gasteiger partial charge in [0.1, 0.15) is 6.17 Å². The number of halogens is 1. The highest BCUT2D eigenvalue weighted by Crippen LogP contribution is 2.24. The van der Waals surface area contributed by atoms with Crippen molar-refractivity contribution in [3.05, 3.63) is 30.1 Å². The smallest absolute Gasteiger partial charge is 0.252 e. The number of carbonyl (C=O) groups is 1. The summed E-state index contributed by atoms with van der Waals surface area (Å²) in [6.07, 6.45) is 2.97. The van der Waals surface area contributed by atoms with Crippen LogP contribution >= 0.6 is 0 Å². The zero-order chi connectivity index (χ0) is 12.7. The first-order chi connectivity index (χ1) is 8.65. The summed E-state index contributed by atoms with van der Waals surface area (Å²) in [5, 5.41) is 4.05. The minimum atomic E-state index is -0.776. The maximum absolute atomic E-state index is 13.2. The van der Waals surface area contributed by atoms with E-state index in [-0.39, 0.29) is 0 Å². The average Bonchev–Trinajstić information content (AvgIpc) is 2.93. The van der Waals surface area contributed by atoms with E-state index in [0.717, 1.165) is 5.69 Å². The minimum Gasteiger partial charge on any atom is -0.368 e. The Balaban J connectivity index is 2.04. The number of pyridine rings is 1. The van der Waals surface area contributed by atoms with Crippen molar-refractivity contribution in [1.82, 2.24) is 9.61 Å². The topological polar surface area (TPSA) is 63.6 Å². The molecular weight excluding hydrogens is 235 g/mol. The second-order valence-corrected chi connectivity index (χ2v) is 4.47. The van der Waals surface area contributed by atoms with Crippen LogP contribution in [0.2, 0.25) is 0 Å². The van der Waals surface area contributed by atoms with Crippen LogP contribution in [-0.2, 0) is 0 Å². The van der Waals surface area contributed by atoms with Crippen molar-refractivity contribution in [2.75, 3.05) is 18.0 Å². The Hall–Kier alpha value is -2.11. The SMILES string of the molecule is NC(=O)c1cnn2ccc(N3CCC(F)C3)cc12. The molecule has 2 aromatic heterocycles. The number of hydrogen-bond donors (Lipinski definition) is 1. The first-order valence-corrected chi connectivity index (χ1v) is 5.81. The normalized spacial score (nSPS) is 19.6. The van der Waals surface area contributed by atoms with E-state index in [1.165, 1.54) is 6.20 Å². The van der Waals surface area contributed by atoms with Crippen LogP contribution in [0.15, 0.2) is 24.5 Å². The molecule has 1 fully saturated rings. The van der Waals surface area contributed by atoms with Crippen molar-refractivity contribution >= 4 is 17.1 Å². The summed E-state index contributed by atoms with van der Waals surface area (Å²) < 4.78 is 14.8.